The monoisotopic (exact) mass is 219 g/mol. The highest BCUT2D eigenvalue weighted by Crippen LogP contribution is 2.23. The summed E-state index contributed by atoms with van der Waals surface area (Å²) in [4.78, 5) is 4.27. The van der Waals surface area contributed by atoms with E-state index in [-0.39, 0.29) is 0 Å². The fraction of sp³-hybridized carbons (Fsp3) is 0.500. The van der Waals surface area contributed by atoms with E-state index in [2.05, 4.69) is 42.3 Å². The quantitative estimate of drug-likeness (QED) is 0.858. The van der Waals surface area contributed by atoms with E-state index in [1.54, 1.807) is 0 Å². The first-order valence-corrected chi connectivity index (χ1v) is 5.67. The van der Waals surface area contributed by atoms with Gasteiger partial charge in [0.2, 0.25) is 0 Å². The van der Waals surface area contributed by atoms with Gasteiger partial charge in [-0.3, -0.25) is 0 Å². The summed E-state index contributed by atoms with van der Waals surface area (Å²) < 4.78 is 5.19. The van der Waals surface area contributed by atoms with Crippen LogP contribution in [0.15, 0.2) is 16.8 Å². The molecule has 4 nitrogen and oxygen atoms in total. The number of nitrogens with zero attached hydrogens (tertiary/aromatic N) is 2. The number of fused-ring (bicyclic) bond motifs is 1. The number of hydrogen-bond acceptors (Lipinski definition) is 4. The van der Waals surface area contributed by atoms with E-state index in [1.165, 1.54) is 5.56 Å². The standard InChI is InChI=1S/C12H17N3O/c1-4-13-6-9-5-10-11(8(2)3)15-16-12(10)14-7-9/h5,7-8,13H,4,6H2,1-3H3. The van der Waals surface area contributed by atoms with Crippen LogP contribution in [-0.4, -0.2) is 16.7 Å². The molecule has 0 aliphatic rings. The van der Waals surface area contributed by atoms with Gasteiger partial charge in [0.1, 0.15) is 0 Å². The number of rotatable bonds is 4. The van der Waals surface area contributed by atoms with Gasteiger partial charge in [0.15, 0.2) is 0 Å². The topological polar surface area (TPSA) is 51.0 Å². The van der Waals surface area contributed by atoms with Gasteiger partial charge in [0.25, 0.3) is 5.71 Å². The number of pyridine rings is 1. The van der Waals surface area contributed by atoms with Crippen molar-refractivity contribution in [3.8, 4) is 0 Å². The van der Waals surface area contributed by atoms with Crippen molar-refractivity contribution in [2.75, 3.05) is 6.54 Å². The third-order valence-corrected chi connectivity index (χ3v) is 2.54. The first-order valence-electron chi connectivity index (χ1n) is 5.67. The van der Waals surface area contributed by atoms with Gasteiger partial charge in [-0.15, -0.1) is 0 Å². The van der Waals surface area contributed by atoms with Crippen LogP contribution in [0.25, 0.3) is 11.1 Å². The van der Waals surface area contributed by atoms with Crippen LogP contribution in [0.2, 0.25) is 0 Å². The molecule has 1 N–H and O–H groups in total. The molecule has 0 aromatic carbocycles. The van der Waals surface area contributed by atoms with Gasteiger partial charge in [-0.25, -0.2) is 4.98 Å². The van der Waals surface area contributed by atoms with Gasteiger partial charge in [-0.2, -0.15) is 0 Å². The lowest BCUT2D eigenvalue weighted by atomic mass is 10.1. The summed E-state index contributed by atoms with van der Waals surface area (Å²) in [6.07, 6.45) is 1.83. The molecule has 2 aromatic heterocycles. The van der Waals surface area contributed by atoms with Gasteiger partial charge in [-0.1, -0.05) is 25.9 Å². The van der Waals surface area contributed by atoms with Crippen molar-refractivity contribution in [1.82, 2.24) is 15.5 Å². The molecule has 0 saturated heterocycles. The van der Waals surface area contributed by atoms with E-state index in [4.69, 9.17) is 4.52 Å². The van der Waals surface area contributed by atoms with E-state index in [9.17, 15) is 0 Å². The van der Waals surface area contributed by atoms with Crippen LogP contribution in [0.1, 0.15) is 37.9 Å². The average molecular weight is 219 g/mol. The maximum atomic E-state index is 5.19. The van der Waals surface area contributed by atoms with Crippen LogP contribution in [0.5, 0.6) is 0 Å². The summed E-state index contributed by atoms with van der Waals surface area (Å²) in [5, 5.41) is 8.37. The van der Waals surface area contributed by atoms with E-state index in [0.29, 0.717) is 11.6 Å². The fourth-order valence-electron chi connectivity index (χ4n) is 1.68. The molecule has 0 spiro atoms. The van der Waals surface area contributed by atoms with Crippen molar-refractivity contribution in [3.05, 3.63) is 23.5 Å². The predicted octanol–water partition coefficient (Wildman–Crippen LogP) is 2.46. The molecule has 2 aromatic rings. The maximum Gasteiger partial charge on any atom is 0.257 e. The van der Waals surface area contributed by atoms with Gasteiger partial charge >= 0.3 is 0 Å². The summed E-state index contributed by atoms with van der Waals surface area (Å²) in [6.45, 7) is 8.09. The molecule has 0 saturated carbocycles. The minimum Gasteiger partial charge on any atom is -0.336 e. The Balaban J connectivity index is 2.38. The molecule has 4 heteroatoms. The van der Waals surface area contributed by atoms with Crippen molar-refractivity contribution in [3.63, 3.8) is 0 Å². The Morgan fingerprint density at radius 1 is 1.44 bits per heavy atom. The molecule has 16 heavy (non-hydrogen) atoms. The summed E-state index contributed by atoms with van der Waals surface area (Å²) in [5.41, 5.74) is 2.78. The molecule has 86 valence electrons. The Kier molecular flexibility index (Phi) is 3.19. The first kappa shape index (κ1) is 11.1. The molecular weight excluding hydrogens is 202 g/mol. The lowest BCUT2D eigenvalue weighted by Crippen LogP contribution is -2.11. The molecule has 0 aliphatic carbocycles. The van der Waals surface area contributed by atoms with E-state index < -0.39 is 0 Å². The second-order valence-corrected chi connectivity index (χ2v) is 4.20. The molecule has 2 heterocycles. The smallest absolute Gasteiger partial charge is 0.257 e. The lowest BCUT2D eigenvalue weighted by molar-refractivity contribution is 0.434. The summed E-state index contributed by atoms with van der Waals surface area (Å²) in [5.74, 6) is 0.359. The van der Waals surface area contributed by atoms with Crippen molar-refractivity contribution < 1.29 is 4.52 Å². The van der Waals surface area contributed by atoms with Crippen molar-refractivity contribution >= 4 is 11.1 Å². The van der Waals surface area contributed by atoms with Crippen LogP contribution in [0.4, 0.5) is 0 Å². The number of hydrogen-bond donors (Lipinski definition) is 1. The van der Waals surface area contributed by atoms with E-state index in [0.717, 1.165) is 24.2 Å². The Morgan fingerprint density at radius 2 is 2.25 bits per heavy atom. The number of nitrogens with one attached hydrogen (secondary N) is 1. The Hall–Kier alpha value is -1.42. The highest BCUT2D eigenvalue weighted by atomic mass is 16.5. The minimum absolute atomic E-state index is 0.359. The molecule has 0 atom stereocenters. The average Bonchev–Trinajstić information content (AvgIpc) is 2.69. The van der Waals surface area contributed by atoms with Gasteiger partial charge in [-0.05, 0) is 24.1 Å². The summed E-state index contributed by atoms with van der Waals surface area (Å²) in [7, 11) is 0. The summed E-state index contributed by atoms with van der Waals surface area (Å²) in [6, 6.07) is 2.11. The van der Waals surface area contributed by atoms with Crippen molar-refractivity contribution in [2.24, 2.45) is 0 Å². The molecule has 2 rings (SSSR count). The third-order valence-electron chi connectivity index (χ3n) is 2.54. The highest BCUT2D eigenvalue weighted by molar-refractivity contribution is 5.76. The molecule has 0 fully saturated rings. The minimum atomic E-state index is 0.359. The van der Waals surface area contributed by atoms with Crippen molar-refractivity contribution in [1.29, 1.82) is 0 Å². The summed E-state index contributed by atoms with van der Waals surface area (Å²) >= 11 is 0. The zero-order valence-corrected chi connectivity index (χ0v) is 9.95. The van der Waals surface area contributed by atoms with Crippen LogP contribution in [0, 0.1) is 0 Å². The normalized spacial score (nSPS) is 11.5. The molecule has 0 amide bonds. The highest BCUT2D eigenvalue weighted by Gasteiger charge is 2.12. The number of aromatic nitrogens is 2. The van der Waals surface area contributed by atoms with Crippen LogP contribution in [0.3, 0.4) is 0 Å². The Morgan fingerprint density at radius 3 is 2.94 bits per heavy atom. The second kappa shape index (κ2) is 4.61. The van der Waals surface area contributed by atoms with Gasteiger partial charge in [0.05, 0.1) is 11.1 Å². The van der Waals surface area contributed by atoms with Crippen molar-refractivity contribution in [2.45, 2.75) is 33.2 Å². The maximum absolute atomic E-state index is 5.19. The second-order valence-electron chi connectivity index (χ2n) is 4.20. The Bertz CT molecular complexity index is 476. The van der Waals surface area contributed by atoms with Crippen LogP contribution < -0.4 is 5.32 Å². The van der Waals surface area contributed by atoms with Crippen LogP contribution >= 0.6 is 0 Å². The third kappa shape index (κ3) is 2.07. The Labute approximate surface area is 95.0 Å². The SMILES string of the molecule is CCNCc1cnc2onc(C(C)C)c2c1. The van der Waals surface area contributed by atoms with E-state index in [1.807, 2.05) is 6.20 Å². The largest absolute Gasteiger partial charge is 0.336 e. The first-order chi connectivity index (χ1) is 7.72. The molecule has 0 bridgehead atoms. The lowest BCUT2D eigenvalue weighted by Gasteiger charge is -2.02. The zero-order chi connectivity index (χ0) is 11.5. The molecule has 0 aliphatic heterocycles. The van der Waals surface area contributed by atoms with Gasteiger partial charge in [0, 0.05) is 12.7 Å². The molecular formula is C12H17N3O. The fourth-order valence-corrected chi connectivity index (χ4v) is 1.68. The van der Waals surface area contributed by atoms with Crippen LogP contribution in [-0.2, 0) is 6.54 Å². The van der Waals surface area contributed by atoms with E-state index >= 15 is 0 Å². The molecule has 0 radical (unpaired) electrons. The predicted molar refractivity (Wildman–Crippen MR) is 63.3 cm³/mol. The molecule has 0 unspecified atom stereocenters. The zero-order valence-electron chi connectivity index (χ0n) is 9.95. The van der Waals surface area contributed by atoms with Gasteiger partial charge < -0.3 is 9.84 Å².